The molecule has 0 aliphatic heterocycles. The Labute approximate surface area is 204 Å². The average molecular weight is 472 g/mol. The Morgan fingerprint density at radius 1 is 1.00 bits per heavy atom. The van der Waals surface area contributed by atoms with Gasteiger partial charge in [0.2, 0.25) is 0 Å². The fourth-order valence-electron chi connectivity index (χ4n) is 4.93. The third-order valence-electron chi connectivity index (χ3n) is 6.49. The van der Waals surface area contributed by atoms with E-state index >= 15 is 0 Å². The number of fused-ring (bicyclic) bond motifs is 1. The van der Waals surface area contributed by atoms with Crippen LogP contribution in [0.5, 0.6) is 0 Å². The van der Waals surface area contributed by atoms with E-state index in [2.05, 4.69) is 17.1 Å². The molecule has 172 valence electrons. The highest BCUT2D eigenvalue weighted by Crippen LogP contribution is 2.53. The number of carboxylic acid groups (broad SMARTS) is 1. The van der Waals surface area contributed by atoms with Crippen molar-refractivity contribution in [1.82, 2.24) is 14.9 Å². The number of carbonyl (C=O) groups is 1. The first kappa shape index (κ1) is 22.4. The number of pyridine rings is 2. The van der Waals surface area contributed by atoms with Crippen LogP contribution in [0.2, 0.25) is 5.15 Å². The molecule has 1 fully saturated rings. The van der Waals surface area contributed by atoms with Crippen molar-refractivity contribution in [3.05, 3.63) is 83.6 Å². The average Bonchev–Trinajstić information content (AvgIpc) is 3.59. The maximum Gasteiger partial charge on any atom is 0.408 e. The summed E-state index contributed by atoms with van der Waals surface area (Å²) in [6.45, 7) is 5.84. The van der Waals surface area contributed by atoms with E-state index in [1.807, 2.05) is 75.4 Å². The number of hydrogen-bond donors (Lipinski definition) is 1. The second-order valence-electron chi connectivity index (χ2n) is 9.82. The standard InChI is InChI=1S/C28H26ClN3O2/c1-27(2,3)32(26(33)34)28(14-15-28)20-11-9-19(10-12-20)24-21(18-7-5-4-6-8-18)17-22-23(31-24)13-16-30-25(22)29/h4-13,16-17H,14-15H2,1-3H3,(H,33,34). The van der Waals surface area contributed by atoms with E-state index in [-0.39, 0.29) is 0 Å². The first-order valence-corrected chi connectivity index (χ1v) is 11.7. The fourth-order valence-corrected chi connectivity index (χ4v) is 5.14. The zero-order valence-corrected chi connectivity index (χ0v) is 20.2. The molecule has 2 aromatic carbocycles. The lowest BCUT2D eigenvalue weighted by Gasteiger charge is -2.40. The minimum atomic E-state index is -0.887. The topological polar surface area (TPSA) is 66.3 Å². The molecule has 1 amide bonds. The van der Waals surface area contributed by atoms with Gasteiger partial charge in [-0.15, -0.1) is 0 Å². The molecule has 0 radical (unpaired) electrons. The molecule has 1 aliphatic carbocycles. The molecule has 0 atom stereocenters. The predicted octanol–water partition coefficient (Wildman–Crippen LogP) is 7.38. The Hall–Kier alpha value is -3.44. The highest BCUT2D eigenvalue weighted by molar-refractivity contribution is 6.34. The van der Waals surface area contributed by atoms with Crippen LogP contribution in [0.1, 0.15) is 39.2 Å². The van der Waals surface area contributed by atoms with Crippen molar-refractivity contribution in [1.29, 1.82) is 0 Å². The molecule has 6 heteroatoms. The molecule has 4 aromatic rings. The van der Waals surface area contributed by atoms with Gasteiger partial charge in [0.25, 0.3) is 0 Å². The number of nitrogens with zero attached hydrogens (tertiary/aromatic N) is 3. The van der Waals surface area contributed by atoms with E-state index in [1.54, 1.807) is 11.1 Å². The van der Waals surface area contributed by atoms with Gasteiger partial charge in [-0.25, -0.2) is 14.8 Å². The van der Waals surface area contributed by atoms with Crippen LogP contribution in [0.3, 0.4) is 0 Å². The van der Waals surface area contributed by atoms with Crippen molar-refractivity contribution in [2.75, 3.05) is 0 Å². The summed E-state index contributed by atoms with van der Waals surface area (Å²) in [4.78, 5) is 22.9. The molecule has 5 rings (SSSR count). The summed E-state index contributed by atoms with van der Waals surface area (Å²) in [5.74, 6) is 0. The zero-order chi connectivity index (χ0) is 24.1. The molecular formula is C28H26ClN3O2. The number of benzene rings is 2. The SMILES string of the molecule is CC(C)(C)N(C(=O)O)C1(c2ccc(-c3nc4ccnc(Cl)c4cc3-c3ccccc3)cc2)CC1. The molecule has 5 nitrogen and oxygen atoms in total. The summed E-state index contributed by atoms with van der Waals surface area (Å²) in [6, 6.07) is 22.2. The number of rotatable bonds is 4. The van der Waals surface area contributed by atoms with Crippen LogP contribution in [0.15, 0.2) is 72.9 Å². The lowest BCUT2D eigenvalue weighted by atomic mass is 9.93. The van der Waals surface area contributed by atoms with Gasteiger partial charge in [-0.3, -0.25) is 4.90 Å². The van der Waals surface area contributed by atoms with Crippen molar-refractivity contribution in [2.24, 2.45) is 0 Å². The van der Waals surface area contributed by atoms with Crippen molar-refractivity contribution >= 4 is 28.6 Å². The highest BCUT2D eigenvalue weighted by Gasteiger charge is 2.55. The lowest BCUT2D eigenvalue weighted by Crippen LogP contribution is -2.51. The van der Waals surface area contributed by atoms with E-state index in [1.165, 1.54) is 0 Å². The molecule has 2 heterocycles. The third kappa shape index (κ3) is 3.80. The molecule has 0 unspecified atom stereocenters. The Kier molecular flexibility index (Phi) is 5.33. The van der Waals surface area contributed by atoms with E-state index in [4.69, 9.17) is 16.6 Å². The van der Waals surface area contributed by atoms with Crippen molar-refractivity contribution in [3.63, 3.8) is 0 Å². The van der Waals surface area contributed by atoms with Gasteiger partial charge in [-0.2, -0.15) is 0 Å². The second-order valence-corrected chi connectivity index (χ2v) is 10.2. The van der Waals surface area contributed by atoms with Crippen LogP contribution < -0.4 is 0 Å². The quantitative estimate of drug-likeness (QED) is 0.315. The van der Waals surface area contributed by atoms with Crippen LogP contribution in [-0.2, 0) is 5.54 Å². The fraction of sp³-hybridized carbons (Fsp3) is 0.250. The van der Waals surface area contributed by atoms with Crippen LogP contribution in [0.25, 0.3) is 33.3 Å². The van der Waals surface area contributed by atoms with Gasteiger partial charge in [0.05, 0.1) is 16.7 Å². The number of aromatic nitrogens is 2. The summed E-state index contributed by atoms with van der Waals surface area (Å²) in [6.07, 6.45) is 2.42. The number of amides is 1. The monoisotopic (exact) mass is 471 g/mol. The summed E-state index contributed by atoms with van der Waals surface area (Å²) in [7, 11) is 0. The maximum absolute atomic E-state index is 12.1. The summed E-state index contributed by atoms with van der Waals surface area (Å²) >= 11 is 6.38. The van der Waals surface area contributed by atoms with Crippen LogP contribution in [0, 0.1) is 0 Å². The minimum absolute atomic E-state index is 0.427. The molecule has 2 aromatic heterocycles. The first-order valence-electron chi connectivity index (χ1n) is 11.4. The predicted molar refractivity (Wildman–Crippen MR) is 136 cm³/mol. The molecule has 0 saturated heterocycles. The normalized spacial score (nSPS) is 14.7. The summed E-state index contributed by atoms with van der Waals surface area (Å²) in [5.41, 5.74) is 4.66. The van der Waals surface area contributed by atoms with Crippen LogP contribution in [0.4, 0.5) is 4.79 Å². The lowest BCUT2D eigenvalue weighted by molar-refractivity contribution is 0.0595. The van der Waals surface area contributed by atoms with Gasteiger partial charge in [0, 0.05) is 28.2 Å². The summed E-state index contributed by atoms with van der Waals surface area (Å²) < 4.78 is 0. The number of halogens is 1. The zero-order valence-electron chi connectivity index (χ0n) is 19.4. The number of hydrogen-bond acceptors (Lipinski definition) is 3. The molecule has 1 saturated carbocycles. The Bertz CT molecular complexity index is 1370. The van der Waals surface area contributed by atoms with Gasteiger partial charge >= 0.3 is 6.09 Å². The third-order valence-corrected chi connectivity index (χ3v) is 6.79. The molecule has 1 aliphatic rings. The maximum atomic E-state index is 12.1. The molecular weight excluding hydrogens is 446 g/mol. The minimum Gasteiger partial charge on any atom is -0.465 e. The van der Waals surface area contributed by atoms with Gasteiger partial charge in [-0.05, 0) is 56.9 Å². The highest BCUT2D eigenvalue weighted by atomic mass is 35.5. The van der Waals surface area contributed by atoms with Gasteiger partial charge in [0.1, 0.15) is 5.15 Å². The molecule has 0 spiro atoms. The van der Waals surface area contributed by atoms with E-state index in [0.29, 0.717) is 5.15 Å². The Morgan fingerprint density at radius 3 is 2.26 bits per heavy atom. The van der Waals surface area contributed by atoms with Gasteiger partial charge < -0.3 is 5.11 Å². The molecule has 1 N–H and O–H groups in total. The van der Waals surface area contributed by atoms with Gasteiger partial charge in [0.15, 0.2) is 0 Å². The smallest absolute Gasteiger partial charge is 0.408 e. The van der Waals surface area contributed by atoms with E-state index in [0.717, 1.165) is 51.7 Å². The largest absolute Gasteiger partial charge is 0.465 e. The first-order chi connectivity index (χ1) is 16.2. The Morgan fingerprint density at radius 2 is 1.68 bits per heavy atom. The van der Waals surface area contributed by atoms with E-state index in [9.17, 15) is 9.90 Å². The van der Waals surface area contributed by atoms with E-state index < -0.39 is 17.2 Å². The summed E-state index contributed by atoms with van der Waals surface area (Å²) in [5, 5.41) is 11.2. The van der Waals surface area contributed by atoms with Gasteiger partial charge in [-0.1, -0.05) is 66.2 Å². The molecule has 0 bridgehead atoms. The van der Waals surface area contributed by atoms with Crippen molar-refractivity contribution in [3.8, 4) is 22.4 Å². The Balaban J connectivity index is 1.62. The van der Waals surface area contributed by atoms with Crippen LogP contribution in [-0.4, -0.2) is 31.6 Å². The van der Waals surface area contributed by atoms with Crippen LogP contribution >= 0.6 is 11.6 Å². The van der Waals surface area contributed by atoms with Crippen molar-refractivity contribution < 1.29 is 9.90 Å². The van der Waals surface area contributed by atoms with Crippen molar-refractivity contribution in [2.45, 2.75) is 44.7 Å². The second kappa shape index (κ2) is 8.10. The molecule has 34 heavy (non-hydrogen) atoms.